The average molecular weight is 1170 g/mol. The number of phosphoric ester groups is 1. The van der Waals surface area contributed by atoms with Gasteiger partial charge in [0.1, 0.15) is 19.3 Å². The maximum atomic E-state index is 13.6. The van der Waals surface area contributed by atoms with E-state index < -0.39 is 26.6 Å². The second-order valence-corrected chi connectivity index (χ2v) is 26.1. The van der Waals surface area contributed by atoms with Crippen LogP contribution in [0.25, 0.3) is 0 Å². The van der Waals surface area contributed by atoms with Crippen LogP contribution in [-0.2, 0) is 27.9 Å². The molecule has 82 heavy (non-hydrogen) atoms. The van der Waals surface area contributed by atoms with Gasteiger partial charge in [-0.3, -0.25) is 14.2 Å². The van der Waals surface area contributed by atoms with E-state index in [2.05, 4.69) is 86.8 Å². The molecule has 0 heterocycles. The summed E-state index contributed by atoms with van der Waals surface area (Å²) in [6.07, 6.45) is 80.1. The molecule has 10 heteroatoms. The van der Waals surface area contributed by atoms with Crippen molar-refractivity contribution in [3.63, 3.8) is 0 Å². The molecule has 0 saturated carbocycles. The van der Waals surface area contributed by atoms with Gasteiger partial charge in [-0.25, -0.2) is 0 Å². The highest BCUT2D eigenvalue weighted by atomic mass is 31.2. The molecule has 1 N–H and O–H groups in total. The summed E-state index contributed by atoms with van der Waals surface area (Å²) in [6.45, 7) is 6.83. The molecule has 3 atom stereocenters. The molecule has 0 saturated heterocycles. The van der Waals surface area contributed by atoms with Gasteiger partial charge in [0.2, 0.25) is 5.91 Å². The first kappa shape index (κ1) is 79.5. The summed E-state index contributed by atoms with van der Waals surface area (Å²) >= 11 is 0. The lowest BCUT2D eigenvalue weighted by Crippen LogP contribution is -2.47. The highest BCUT2D eigenvalue weighted by Gasteiger charge is 2.27. The van der Waals surface area contributed by atoms with E-state index in [9.17, 15) is 19.0 Å². The van der Waals surface area contributed by atoms with Gasteiger partial charge in [-0.2, -0.15) is 0 Å². The minimum atomic E-state index is -4.71. The fourth-order valence-corrected chi connectivity index (χ4v) is 10.7. The SMILES string of the molecule is CCCCC/C=C\C/C=C\C/C=C\C/C=C\CCCCCCCCCC(=O)OC(/C=C/CCCCCCCCCCCC)C(COP(=O)([O-])OCC[N+](C)(C)C)NC(=O)CCCCCCCCCCCCC/C=C/CCCCCCCC. The monoisotopic (exact) mass is 1170 g/mol. The van der Waals surface area contributed by atoms with Crippen LogP contribution in [0.3, 0.4) is 0 Å². The summed E-state index contributed by atoms with van der Waals surface area (Å²) in [5, 5.41) is 3.04. The third-order valence-corrected chi connectivity index (χ3v) is 16.3. The smallest absolute Gasteiger partial charge is 0.306 e. The zero-order valence-electron chi connectivity index (χ0n) is 54.7. The summed E-state index contributed by atoms with van der Waals surface area (Å²) in [6, 6.07) is -0.896. The van der Waals surface area contributed by atoms with Crippen molar-refractivity contribution in [3.05, 3.63) is 72.9 Å². The van der Waals surface area contributed by atoms with Crippen LogP contribution in [0.15, 0.2) is 72.9 Å². The minimum Gasteiger partial charge on any atom is -0.756 e. The number of carbonyl (C=O) groups excluding carboxylic acids is 2. The molecular formula is C72H133N2O7P. The number of esters is 1. The molecule has 0 rings (SSSR count). The lowest BCUT2D eigenvalue weighted by molar-refractivity contribution is -0.870. The molecule has 0 bridgehead atoms. The quantitative estimate of drug-likeness (QED) is 0.0212. The number of likely N-dealkylation sites (N-methyl/N-ethyl adjacent to an activating group) is 1. The van der Waals surface area contributed by atoms with Crippen LogP contribution in [0.2, 0.25) is 0 Å². The molecular weight excluding hydrogens is 1040 g/mol. The molecule has 0 aliphatic carbocycles. The van der Waals surface area contributed by atoms with Crippen molar-refractivity contribution >= 4 is 19.7 Å². The Labute approximate surface area is 508 Å². The Morgan fingerprint density at radius 1 is 0.427 bits per heavy atom. The van der Waals surface area contributed by atoms with Crippen LogP contribution < -0.4 is 10.2 Å². The summed E-state index contributed by atoms with van der Waals surface area (Å²) < 4.78 is 30.4. The largest absolute Gasteiger partial charge is 0.756 e. The highest BCUT2D eigenvalue weighted by Crippen LogP contribution is 2.38. The topological polar surface area (TPSA) is 114 Å². The van der Waals surface area contributed by atoms with Gasteiger partial charge in [0.25, 0.3) is 7.82 Å². The maximum Gasteiger partial charge on any atom is 0.306 e. The molecule has 0 aliphatic heterocycles. The molecule has 0 aliphatic rings. The number of nitrogens with one attached hydrogen (secondary N) is 1. The summed E-state index contributed by atoms with van der Waals surface area (Å²) in [7, 11) is 1.18. The standard InChI is InChI=1S/C72H133N2O7P/c1-7-10-13-16-19-22-25-28-30-32-34-36-37-39-41-43-45-47-50-53-56-59-62-65-72(76)81-70(63-60-57-54-51-48-27-24-21-18-15-12-9-3)69(68-80-82(77,78)79-67-66-74(4,5)6)73-71(75)64-61-58-55-52-49-46-44-42-40-38-35-33-31-29-26-23-20-17-14-11-8-2/h19,22,28-31,34,36,39,41,60,63,69-70H,7-18,20-21,23-27,32-33,35,37-38,40,42-59,61-62,64-68H2,1-6H3,(H-,73,75,77,78)/b22-19-,30-28-,31-29+,36-34-,41-39-,63-60+. The molecule has 9 nitrogen and oxygen atoms in total. The number of ether oxygens (including phenoxy) is 1. The average Bonchev–Trinajstić information content (AvgIpc) is 3.44. The normalized spacial score (nSPS) is 14.0. The van der Waals surface area contributed by atoms with Crippen molar-refractivity contribution < 1.29 is 37.3 Å². The molecule has 0 aromatic carbocycles. The van der Waals surface area contributed by atoms with E-state index in [-0.39, 0.29) is 24.9 Å². The zero-order chi connectivity index (χ0) is 60.0. The Bertz CT molecular complexity index is 1630. The Hall–Kier alpha value is -2.55. The summed E-state index contributed by atoms with van der Waals surface area (Å²) in [5.74, 6) is -0.546. The molecule has 3 unspecified atom stereocenters. The van der Waals surface area contributed by atoms with Gasteiger partial charge >= 0.3 is 5.97 Å². The third kappa shape index (κ3) is 62.0. The van der Waals surface area contributed by atoms with Crippen molar-refractivity contribution in [1.29, 1.82) is 0 Å². The van der Waals surface area contributed by atoms with Crippen molar-refractivity contribution in [3.8, 4) is 0 Å². The van der Waals surface area contributed by atoms with Crippen LogP contribution in [0.5, 0.6) is 0 Å². The van der Waals surface area contributed by atoms with Gasteiger partial charge in [-0.05, 0) is 102 Å². The Morgan fingerprint density at radius 2 is 0.744 bits per heavy atom. The Balaban J connectivity index is 5.14. The number of hydrogen-bond donors (Lipinski definition) is 1. The first-order chi connectivity index (χ1) is 39.9. The number of allylic oxidation sites excluding steroid dienone is 11. The van der Waals surface area contributed by atoms with Crippen LogP contribution in [0.1, 0.15) is 323 Å². The number of hydrogen-bond acceptors (Lipinski definition) is 7. The van der Waals surface area contributed by atoms with Crippen LogP contribution in [-0.4, -0.2) is 69.4 Å². The number of quaternary nitrogens is 1. The number of phosphoric acid groups is 1. The van der Waals surface area contributed by atoms with Gasteiger partial charge in [0.15, 0.2) is 0 Å². The number of amides is 1. The van der Waals surface area contributed by atoms with E-state index in [0.717, 1.165) is 89.9 Å². The third-order valence-electron chi connectivity index (χ3n) is 15.4. The lowest BCUT2D eigenvalue weighted by Gasteiger charge is -2.30. The minimum absolute atomic E-state index is 0.0257. The van der Waals surface area contributed by atoms with Crippen molar-refractivity contribution in [2.24, 2.45) is 0 Å². The highest BCUT2D eigenvalue weighted by molar-refractivity contribution is 7.45. The molecule has 0 spiro atoms. The second-order valence-electron chi connectivity index (χ2n) is 24.7. The second kappa shape index (κ2) is 61.5. The predicted octanol–water partition coefficient (Wildman–Crippen LogP) is 21.3. The van der Waals surface area contributed by atoms with E-state index in [4.69, 9.17) is 13.8 Å². The van der Waals surface area contributed by atoms with E-state index in [1.807, 2.05) is 33.3 Å². The first-order valence-corrected chi connectivity index (χ1v) is 36.2. The molecule has 0 aromatic heterocycles. The van der Waals surface area contributed by atoms with E-state index in [1.54, 1.807) is 0 Å². The first-order valence-electron chi connectivity index (χ1n) is 34.7. The van der Waals surface area contributed by atoms with Crippen LogP contribution in [0, 0.1) is 0 Å². The number of nitrogens with zero attached hydrogens (tertiary/aromatic N) is 1. The van der Waals surface area contributed by atoms with Gasteiger partial charge in [-0.15, -0.1) is 0 Å². The van der Waals surface area contributed by atoms with Gasteiger partial charge in [-0.1, -0.05) is 280 Å². The van der Waals surface area contributed by atoms with E-state index >= 15 is 0 Å². The van der Waals surface area contributed by atoms with Crippen molar-refractivity contribution in [2.75, 3.05) is 40.9 Å². The fourth-order valence-electron chi connectivity index (χ4n) is 9.97. The summed E-state index contributed by atoms with van der Waals surface area (Å²) in [4.78, 5) is 40.1. The molecule has 0 fully saturated rings. The fraction of sp³-hybridized carbons (Fsp3) is 0.806. The van der Waals surface area contributed by atoms with Crippen LogP contribution in [0.4, 0.5) is 0 Å². The number of carbonyl (C=O) groups is 2. The molecule has 1 amide bonds. The zero-order valence-corrected chi connectivity index (χ0v) is 55.6. The van der Waals surface area contributed by atoms with Gasteiger partial charge in [0, 0.05) is 12.8 Å². The van der Waals surface area contributed by atoms with Crippen LogP contribution >= 0.6 is 7.82 Å². The number of rotatable bonds is 63. The Morgan fingerprint density at radius 3 is 1.15 bits per heavy atom. The van der Waals surface area contributed by atoms with Gasteiger partial charge in [0.05, 0.1) is 33.8 Å². The molecule has 0 radical (unpaired) electrons. The maximum absolute atomic E-state index is 13.6. The predicted molar refractivity (Wildman–Crippen MR) is 353 cm³/mol. The molecule has 478 valence electrons. The summed E-state index contributed by atoms with van der Waals surface area (Å²) in [5.41, 5.74) is 0. The van der Waals surface area contributed by atoms with Crippen molar-refractivity contribution in [2.45, 2.75) is 335 Å². The van der Waals surface area contributed by atoms with Gasteiger partial charge < -0.3 is 28.5 Å². The lowest BCUT2D eigenvalue weighted by atomic mass is 10.0. The van der Waals surface area contributed by atoms with E-state index in [0.29, 0.717) is 17.4 Å². The van der Waals surface area contributed by atoms with E-state index in [1.165, 1.54) is 199 Å². The Kier molecular flexibility index (Phi) is 59.6. The number of unbranched alkanes of at least 4 members (excludes halogenated alkanes) is 37. The van der Waals surface area contributed by atoms with Crippen molar-refractivity contribution in [1.82, 2.24) is 5.32 Å². The molecule has 0 aromatic rings.